The van der Waals surface area contributed by atoms with Crippen LogP contribution < -0.4 is 5.32 Å². The number of rotatable bonds is 6. The van der Waals surface area contributed by atoms with Gasteiger partial charge in [0.05, 0.1) is 11.7 Å². The second-order valence-electron chi connectivity index (χ2n) is 5.91. The molecule has 2 saturated carbocycles. The van der Waals surface area contributed by atoms with E-state index in [-0.39, 0.29) is 0 Å². The minimum absolute atomic E-state index is 0.678. The van der Waals surface area contributed by atoms with E-state index in [0.717, 1.165) is 19.0 Å². The smallest absolute Gasteiger partial charge is 0.0625 e. The van der Waals surface area contributed by atoms with Crippen molar-refractivity contribution in [1.29, 1.82) is 0 Å². The molecule has 3 nitrogen and oxygen atoms in total. The van der Waals surface area contributed by atoms with Crippen LogP contribution in [0.15, 0.2) is 12.3 Å². The van der Waals surface area contributed by atoms with Crippen LogP contribution in [0.2, 0.25) is 0 Å². The molecule has 1 N–H and O–H groups in total. The standard InChI is InChI=1S/C15H25N3/c1-2-6-15(7-3-1)18-12-10-14(17-18)5-4-11-16-13-8-9-13/h10,12-13,15-16H,1-9,11H2. The molecular formula is C15H25N3. The average Bonchev–Trinajstić information content (AvgIpc) is 3.12. The van der Waals surface area contributed by atoms with Gasteiger partial charge in [-0.15, -0.1) is 0 Å². The summed E-state index contributed by atoms with van der Waals surface area (Å²) in [5.41, 5.74) is 1.28. The van der Waals surface area contributed by atoms with Gasteiger partial charge in [-0.25, -0.2) is 0 Å². The molecule has 0 unspecified atom stereocenters. The molecule has 0 spiro atoms. The number of nitrogens with zero attached hydrogens (tertiary/aromatic N) is 2. The molecule has 18 heavy (non-hydrogen) atoms. The Bertz CT molecular complexity index is 362. The Labute approximate surface area is 110 Å². The van der Waals surface area contributed by atoms with Crippen LogP contribution in [-0.4, -0.2) is 22.4 Å². The van der Waals surface area contributed by atoms with E-state index in [0.29, 0.717) is 6.04 Å². The Hall–Kier alpha value is -0.830. The van der Waals surface area contributed by atoms with E-state index in [1.54, 1.807) is 0 Å². The molecule has 1 heterocycles. The minimum atomic E-state index is 0.678. The van der Waals surface area contributed by atoms with Crippen molar-refractivity contribution in [2.45, 2.75) is 69.9 Å². The first-order valence-corrected chi connectivity index (χ1v) is 7.69. The van der Waals surface area contributed by atoms with Gasteiger partial charge in [0.25, 0.3) is 0 Å². The Morgan fingerprint density at radius 2 is 2.00 bits per heavy atom. The van der Waals surface area contributed by atoms with E-state index in [1.807, 2.05) is 0 Å². The SMILES string of the molecule is c1cn(C2CCCCC2)nc1CCCNC1CC1. The summed E-state index contributed by atoms with van der Waals surface area (Å²) < 4.78 is 2.23. The van der Waals surface area contributed by atoms with Crippen LogP contribution >= 0.6 is 0 Å². The fraction of sp³-hybridized carbons (Fsp3) is 0.800. The van der Waals surface area contributed by atoms with E-state index < -0.39 is 0 Å². The van der Waals surface area contributed by atoms with Crippen molar-refractivity contribution in [3.8, 4) is 0 Å². The third-order valence-electron chi connectivity index (χ3n) is 4.23. The molecular weight excluding hydrogens is 222 g/mol. The van der Waals surface area contributed by atoms with Crippen LogP contribution in [-0.2, 0) is 6.42 Å². The fourth-order valence-electron chi connectivity index (χ4n) is 2.92. The summed E-state index contributed by atoms with van der Waals surface area (Å²) in [6.07, 6.45) is 14.1. The van der Waals surface area contributed by atoms with Crippen molar-refractivity contribution >= 4 is 0 Å². The van der Waals surface area contributed by atoms with Crippen molar-refractivity contribution in [1.82, 2.24) is 15.1 Å². The summed E-state index contributed by atoms with van der Waals surface area (Å²) in [5, 5.41) is 8.32. The Kier molecular flexibility index (Phi) is 3.99. The van der Waals surface area contributed by atoms with Crippen LogP contribution in [0.1, 0.15) is 63.1 Å². The van der Waals surface area contributed by atoms with E-state index in [2.05, 4.69) is 22.3 Å². The van der Waals surface area contributed by atoms with E-state index in [1.165, 1.54) is 57.1 Å². The van der Waals surface area contributed by atoms with Crippen molar-refractivity contribution < 1.29 is 0 Å². The van der Waals surface area contributed by atoms with Crippen LogP contribution in [0.25, 0.3) is 0 Å². The zero-order valence-electron chi connectivity index (χ0n) is 11.3. The first-order valence-electron chi connectivity index (χ1n) is 7.69. The van der Waals surface area contributed by atoms with Crippen LogP contribution in [0, 0.1) is 0 Å². The molecule has 1 aromatic heterocycles. The topological polar surface area (TPSA) is 29.9 Å². The Morgan fingerprint density at radius 1 is 1.17 bits per heavy atom. The maximum absolute atomic E-state index is 4.76. The lowest BCUT2D eigenvalue weighted by Gasteiger charge is -2.21. The average molecular weight is 247 g/mol. The quantitative estimate of drug-likeness (QED) is 0.783. The van der Waals surface area contributed by atoms with E-state index >= 15 is 0 Å². The third kappa shape index (κ3) is 3.35. The van der Waals surface area contributed by atoms with Gasteiger partial charge < -0.3 is 5.32 Å². The highest BCUT2D eigenvalue weighted by molar-refractivity contribution is 5.00. The molecule has 2 aliphatic rings. The Balaban J connectivity index is 1.43. The van der Waals surface area contributed by atoms with Crippen molar-refractivity contribution in [2.24, 2.45) is 0 Å². The van der Waals surface area contributed by atoms with Gasteiger partial charge in [-0.2, -0.15) is 5.10 Å². The van der Waals surface area contributed by atoms with Gasteiger partial charge in [0.2, 0.25) is 0 Å². The van der Waals surface area contributed by atoms with Gasteiger partial charge in [0.15, 0.2) is 0 Å². The second-order valence-corrected chi connectivity index (χ2v) is 5.91. The molecule has 3 rings (SSSR count). The molecule has 100 valence electrons. The number of hydrogen-bond donors (Lipinski definition) is 1. The molecule has 1 aromatic rings. The molecule has 2 fully saturated rings. The van der Waals surface area contributed by atoms with Gasteiger partial charge in [0, 0.05) is 12.2 Å². The van der Waals surface area contributed by atoms with Crippen molar-refractivity contribution in [2.75, 3.05) is 6.54 Å². The van der Waals surface area contributed by atoms with E-state index in [9.17, 15) is 0 Å². The third-order valence-corrected chi connectivity index (χ3v) is 4.23. The normalized spacial score (nSPS) is 21.3. The van der Waals surface area contributed by atoms with Crippen LogP contribution in [0.5, 0.6) is 0 Å². The van der Waals surface area contributed by atoms with Gasteiger partial charge in [-0.05, 0) is 51.1 Å². The summed E-state index contributed by atoms with van der Waals surface area (Å²) in [4.78, 5) is 0. The zero-order chi connectivity index (χ0) is 12.2. The zero-order valence-corrected chi connectivity index (χ0v) is 11.3. The molecule has 0 amide bonds. The van der Waals surface area contributed by atoms with Gasteiger partial charge in [-0.3, -0.25) is 4.68 Å². The number of hydrogen-bond acceptors (Lipinski definition) is 2. The molecule has 0 bridgehead atoms. The first-order chi connectivity index (χ1) is 8.92. The van der Waals surface area contributed by atoms with Crippen LogP contribution in [0.4, 0.5) is 0 Å². The summed E-state index contributed by atoms with van der Waals surface area (Å²) in [7, 11) is 0. The maximum Gasteiger partial charge on any atom is 0.0625 e. The molecule has 0 saturated heterocycles. The summed E-state index contributed by atoms with van der Waals surface area (Å²) in [6, 6.07) is 3.73. The lowest BCUT2D eigenvalue weighted by Crippen LogP contribution is -2.18. The molecule has 0 atom stereocenters. The van der Waals surface area contributed by atoms with Gasteiger partial charge in [-0.1, -0.05) is 19.3 Å². The lowest BCUT2D eigenvalue weighted by molar-refractivity contribution is 0.328. The highest BCUT2D eigenvalue weighted by atomic mass is 15.3. The molecule has 3 heteroatoms. The molecule has 0 aromatic carbocycles. The van der Waals surface area contributed by atoms with Crippen LogP contribution in [0.3, 0.4) is 0 Å². The number of aryl methyl sites for hydroxylation is 1. The summed E-state index contributed by atoms with van der Waals surface area (Å²) >= 11 is 0. The predicted molar refractivity (Wildman–Crippen MR) is 73.7 cm³/mol. The molecule has 2 aliphatic carbocycles. The highest BCUT2D eigenvalue weighted by Crippen LogP contribution is 2.27. The van der Waals surface area contributed by atoms with E-state index in [4.69, 9.17) is 5.10 Å². The largest absolute Gasteiger partial charge is 0.314 e. The molecule has 0 radical (unpaired) electrons. The van der Waals surface area contributed by atoms with Crippen molar-refractivity contribution in [3.63, 3.8) is 0 Å². The monoisotopic (exact) mass is 247 g/mol. The molecule has 0 aliphatic heterocycles. The van der Waals surface area contributed by atoms with Gasteiger partial charge in [0.1, 0.15) is 0 Å². The second kappa shape index (κ2) is 5.87. The highest BCUT2D eigenvalue weighted by Gasteiger charge is 2.19. The summed E-state index contributed by atoms with van der Waals surface area (Å²) in [6.45, 7) is 1.15. The first kappa shape index (κ1) is 12.2. The number of aromatic nitrogens is 2. The van der Waals surface area contributed by atoms with Crippen molar-refractivity contribution in [3.05, 3.63) is 18.0 Å². The van der Waals surface area contributed by atoms with Gasteiger partial charge >= 0.3 is 0 Å². The maximum atomic E-state index is 4.76. The number of nitrogens with one attached hydrogen (secondary N) is 1. The Morgan fingerprint density at radius 3 is 2.78 bits per heavy atom. The summed E-state index contributed by atoms with van der Waals surface area (Å²) in [5.74, 6) is 0. The fourth-order valence-corrected chi connectivity index (χ4v) is 2.92. The predicted octanol–water partition coefficient (Wildman–Crippen LogP) is 3.07. The minimum Gasteiger partial charge on any atom is -0.314 e. The lowest BCUT2D eigenvalue weighted by atomic mass is 9.96.